The van der Waals surface area contributed by atoms with Gasteiger partial charge in [-0.1, -0.05) is 0 Å². The number of nitro groups is 1. The Balaban J connectivity index is 2.56. The summed E-state index contributed by atoms with van der Waals surface area (Å²) < 4.78 is 4.91. The van der Waals surface area contributed by atoms with E-state index in [9.17, 15) is 14.9 Å². The Labute approximate surface area is 90.0 Å². The average Bonchev–Trinajstić information content (AvgIpc) is 2.26. The highest BCUT2D eigenvalue weighted by Gasteiger charge is 2.13. The van der Waals surface area contributed by atoms with E-state index >= 15 is 0 Å². The number of aliphatic hydroxyl groups excluding tert-OH is 1. The lowest BCUT2D eigenvalue weighted by molar-refractivity contribution is -0.384. The quantitative estimate of drug-likeness (QED) is 0.557. The van der Waals surface area contributed by atoms with Gasteiger partial charge in [0.15, 0.2) is 6.10 Å². The van der Waals surface area contributed by atoms with Crippen LogP contribution in [0.2, 0.25) is 0 Å². The van der Waals surface area contributed by atoms with Gasteiger partial charge in [0.05, 0.1) is 4.92 Å². The number of nitro benzene ring substituents is 1. The van der Waals surface area contributed by atoms with Crippen molar-refractivity contribution in [3.63, 3.8) is 0 Å². The molecule has 86 valence electrons. The predicted molar refractivity (Wildman–Crippen MR) is 52.2 cm³/mol. The molecule has 0 amide bonds. The number of rotatable bonds is 5. The summed E-state index contributed by atoms with van der Waals surface area (Å²) in [5, 5.41) is 27.6. The van der Waals surface area contributed by atoms with Crippen molar-refractivity contribution in [3.05, 3.63) is 34.4 Å². The fourth-order valence-corrected chi connectivity index (χ4v) is 0.911. The van der Waals surface area contributed by atoms with Gasteiger partial charge in [-0.2, -0.15) is 0 Å². The first-order valence-corrected chi connectivity index (χ1v) is 4.29. The third-order valence-corrected chi connectivity index (χ3v) is 1.74. The maximum Gasteiger partial charge on any atom is 0.336 e. The van der Waals surface area contributed by atoms with Crippen LogP contribution in [0.3, 0.4) is 0 Å². The molecule has 0 unspecified atom stereocenters. The van der Waals surface area contributed by atoms with Crippen LogP contribution >= 0.6 is 0 Å². The normalized spacial score (nSPS) is 11.8. The molecule has 7 nitrogen and oxygen atoms in total. The van der Waals surface area contributed by atoms with Crippen LogP contribution in [0.4, 0.5) is 5.69 Å². The second-order valence-corrected chi connectivity index (χ2v) is 2.92. The number of non-ortho nitro benzene ring substituents is 1. The number of nitrogens with zero attached hydrogens (tertiary/aromatic N) is 1. The summed E-state index contributed by atoms with van der Waals surface area (Å²) in [7, 11) is 0. The zero-order valence-electron chi connectivity index (χ0n) is 8.07. The third-order valence-electron chi connectivity index (χ3n) is 1.74. The van der Waals surface area contributed by atoms with Gasteiger partial charge in [-0.3, -0.25) is 10.1 Å². The SMILES string of the molecule is O=C(O)[C@H](O)COc1ccc([N+](=O)[O-])cc1. The van der Waals surface area contributed by atoms with Gasteiger partial charge in [-0.25, -0.2) is 4.79 Å². The number of hydrogen-bond donors (Lipinski definition) is 2. The van der Waals surface area contributed by atoms with Gasteiger partial charge in [0.25, 0.3) is 5.69 Å². The Hall–Kier alpha value is -2.15. The third kappa shape index (κ3) is 3.21. The van der Waals surface area contributed by atoms with Crippen molar-refractivity contribution in [3.8, 4) is 5.75 Å². The van der Waals surface area contributed by atoms with E-state index < -0.39 is 23.6 Å². The summed E-state index contributed by atoms with van der Waals surface area (Å²) >= 11 is 0. The number of benzene rings is 1. The molecule has 0 fully saturated rings. The number of ether oxygens (including phenoxy) is 1. The number of carboxylic acid groups (broad SMARTS) is 1. The standard InChI is InChI=1S/C9H9NO6/c11-8(9(12)13)5-16-7-3-1-6(2-4-7)10(14)15/h1-4,8,11H,5H2,(H,12,13)/t8-/m1/s1. The zero-order chi connectivity index (χ0) is 12.1. The number of aliphatic hydroxyl groups is 1. The minimum Gasteiger partial charge on any atom is -0.490 e. The lowest BCUT2D eigenvalue weighted by Crippen LogP contribution is -2.26. The van der Waals surface area contributed by atoms with Crippen molar-refractivity contribution in [2.24, 2.45) is 0 Å². The van der Waals surface area contributed by atoms with Crippen LogP contribution in [0.1, 0.15) is 0 Å². The number of carboxylic acids is 1. The number of carbonyl (C=O) groups is 1. The molecule has 16 heavy (non-hydrogen) atoms. The van der Waals surface area contributed by atoms with Gasteiger partial charge in [-0.15, -0.1) is 0 Å². The molecule has 1 atom stereocenters. The van der Waals surface area contributed by atoms with Crippen molar-refractivity contribution in [2.45, 2.75) is 6.10 Å². The molecule has 7 heteroatoms. The van der Waals surface area contributed by atoms with E-state index in [1.54, 1.807) is 0 Å². The Kier molecular flexibility index (Phi) is 3.78. The molecule has 1 aromatic rings. The summed E-state index contributed by atoms with van der Waals surface area (Å²) in [6.45, 7) is -0.410. The Bertz CT molecular complexity index is 387. The average molecular weight is 227 g/mol. The van der Waals surface area contributed by atoms with E-state index in [4.69, 9.17) is 14.9 Å². The van der Waals surface area contributed by atoms with Crippen LogP contribution in [-0.2, 0) is 4.79 Å². The fourth-order valence-electron chi connectivity index (χ4n) is 0.911. The van der Waals surface area contributed by atoms with Gasteiger partial charge in [0.1, 0.15) is 12.4 Å². The molecule has 0 radical (unpaired) electrons. The molecular formula is C9H9NO6. The van der Waals surface area contributed by atoms with Crippen LogP contribution in [0.15, 0.2) is 24.3 Å². The molecule has 2 N–H and O–H groups in total. The smallest absolute Gasteiger partial charge is 0.336 e. The van der Waals surface area contributed by atoms with E-state index in [1.807, 2.05) is 0 Å². The van der Waals surface area contributed by atoms with Crippen LogP contribution < -0.4 is 4.74 Å². The molecule has 0 aromatic heterocycles. The summed E-state index contributed by atoms with van der Waals surface area (Å²) in [5.74, 6) is -1.13. The van der Waals surface area contributed by atoms with Crippen LogP contribution in [0.25, 0.3) is 0 Å². The topological polar surface area (TPSA) is 110 Å². The van der Waals surface area contributed by atoms with Crippen LogP contribution in [-0.4, -0.2) is 33.8 Å². The Morgan fingerprint density at radius 1 is 1.44 bits per heavy atom. The minimum atomic E-state index is -1.62. The van der Waals surface area contributed by atoms with Gasteiger partial charge in [0, 0.05) is 12.1 Å². The predicted octanol–water partition coefficient (Wildman–Crippen LogP) is 0.419. The van der Waals surface area contributed by atoms with Crippen LogP contribution in [0, 0.1) is 10.1 Å². The van der Waals surface area contributed by atoms with Gasteiger partial charge < -0.3 is 14.9 Å². The monoisotopic (exact) mass is 227 g/mol. The van der Waals surface area contributed by atoms with Gasteiger partial charge >= 0.3 is 5.97 Å². The molecule has 0 aliphatic heterocycles. The zero-order valence-corrected chi connectivity index (χ0v) is 8.07. The van der Waals surface area contributed by atoms with Crippen molar-refractivity contribution >= 4 is 11.7 Å². The molecule has 0 aliphatic rings. The largest absolute Gasteiger partial charge is 0.490 e. The van der Waals surface area contributed by atoms with E-state index in [-0.39, 0.29) is 11.4 Å². The molecule has 0 heterocycles. The van der Waals surface area contributed by atoms with Gasteiger partial charge in [0.2, 0.25) is 0 Å². The maximum atomic E-state index is 10.3. The van der Waals surface area contributed by atoms with E-state index in [0.717, 1.165) is 0 Å². The van der Waals surface area contributed by atoms with E-state index in [0.29, 0.717) is 0 Å². The van der Waals surface area contributed by atoms with Gasteiger partial charge in [-0.05, 0) is 12.1 Å². The highest BCUT2D eigenvalue weighted by molar-refractivity contribution is 5.72. The van der Waals surface area contributed by atoms with Crippen molar-refractivity contribution in [2.75, 3.05) is 6.61 Å². The molecule has 1 aromatic carbocycles. The first-order valence-electron chi connectivity index (χ1n) is 4.29. The molecule has 1 rings (SSSR count). The summed E-state index contributed by atoms with van der Waals surface area (Å²) in [4.78, 5) is 20.0. The second-order valence-electron chi connectivity index (χ2n) is 2.92. The maximum absolute atomic E-state index is 10.3. The van der Waals surface area contributed by atoms with E-state index in [1.165, 1.54) is 24.3 Å². The number of aliphatic carboxylic acids is 1. The summed E-state index contributed by atoms with van der Waals surface area (Å²) in [5.41, 5.74) is -0.0915. The van der Waals surface area contributed by atoms with Crippen molar-refractivity contribution < 1.29 is 24.7 Å². The first kappa shape index (κ1) is 11.9. The summed E-state index contributed by atoms with van der Waals surface area (Å²) in [6.07, 6.45) is -1.62. The molecule has 0 saturated carbocycles. The van der Waals surface area contributed by atoms with Crippen molar-refractivity contribution in [1.82, 2.24) is 0 Å². The highest BCUT2D eigenvalue weighted by Crippen LogP contribution is 2.17. The summed E-state index contributed by atoms with van der Waals surface area (Å²) in [6, 6.07) is 5.10. The molecule has 0 spiro atoms. The minimum absolute atomic E-state index is 0.0915. The van der Waals surface area contributed by atoms with Crippen LogP contribution in [0.5, 0.6) is 5.75 Å². The molecule has 0 saturated heterocycles. The Morgan fingerprint density at radius 2 is 2.00 bits per heavy atom. The highest BCUT2D eigenvalue weighted by atomic mass is 16.6. The van der Waals surface area contributed by atoms with Crippen molar-refractivity contribution in [1.29, 1.82) is 0 Å². The lowest BCUT2D eigenvalue weighted by atomic mass is 10.3. The molecule has 0 bridgehead atoms. The second kappa shape index (κ2) is 5.08. The lowest BCUT2D eigenvalue weighted by Gasteiger charge is -2.07. The molecular weight excluding hydrogens is 218 g/mol. The Morgan fingerprint density at radius 3 is 2.44 bits per heavy atom. The first-order chi connectivity index (χ1) is 7.50. The fraction of sp³-hybridized carbons (Fsp3) is 0.222. The molecule has 0 aliphatic carbocycles. The van der Waals surface area contributed by atoms with E-state index in [2.05, 4.69) is 0 Å². The number of hydrogen-bond acceptors (Lipinski definition) is 5.